The number of ether oxygens (including phenoxy) is 4. The summed E-state index contributed by atoms with van der Waals surface area (Å²) in [4.78, 5) is 12.7. The van der Waals surface area contributed by atoms with E-state index in [0.717, 1.165) is 38.6 Å². The summed E-state index contributed by atoms with van der Waals surface area (Å²) >= 11 is 1.50. The van der Waals surface area contributed by atoms with Crippen LogP contribution in [0.4, 0.5) is 13.2 Å². The standard InChI is InChI=1S/C28H29F3O6S/c1-18-19(2)25(12-10-23(18)37-17-27(32)33)38-26-11-5-20(15-24(26)35-14-4-13-34-3)16-36-22-8-6-21(7-9-22)28(29,30)31/h5-12,15H,4,13-14,16-17H2,1-3H3,(H,32,33). The van der Waals surface area contributed by atoms with Crippen molar-refractivity contribution in [1.29, 1.82) is 0 Å². The van der Waals surface area contributed by atoms with Crippen LogP contribution in [0.5, 0.6) is 17.2 Å². The Morgan fingerprint density at radius 1 is 0.868 bits per heavy atom. The number of carbonyl (C=O) groups is 1. The number of alkyl halides is 3. The molecule has 0 fully saturated rings. The normalized spacial score (nSPS) is 11.3. The van der Waals surface area contributed by atoms with E-state index in [9.17, 15) is 18.0 Å². The van der Waals surface area contributed by atoms with Gasteiger partial charge in [0.2, 0.25) is 0 Å². The second-order valence-electron chi connectivity index (χ2n) is 8.38. The fraction of sp³-hybridized carbons (Fsp3) is 0.321. The molecule has 0 spiro atoms. The molecule has 1 N–H and O–H groups in total. The third-order valence-corrected chi connectivity index (χ3v) is 6.82. The van der Waals surface area contributed by atoms with Gasteiger partial charge in [-0.2, -0.15) is 13.2 Å². The Morgan fingerprint density at radius 2 is 1.58 bits per heavy atom. The van der Waals surface area contributed by atoms with Gasteiger partial charge in [-0.15, -0.1) is 0 Å². The first-order valence-electron chi connectivity index (χ1n) is 11.8. The maximum absolute atomic E-state index is 12.8. The lowest BCUT2D eigenvalue weighted by atomic mass is 10.1. The first kappa shape index (κ1) is 29.2. The summed E-state index contributed by atoms with van der Waals surface area (Å²) in [6.07, 6.45) is -3.70. The molecule has 3 rings (SSSR count). The number of carboxylic acid groups (broad SMARTS) is 1. The van der Waals surface area contributed by atoms with Gasteiger partial charge in [-0.05, 0) is 79.1 Å². The number of carboxylic acids is 1. The molecule has 0 aromatic heterocycles. The van der Waals surface area contributed by atoms with Gasteiger partial charge in [-0.3, -0.25) is 0 Å². The second-order valence-corrected chi connectivity index (χ2v) is 9.47. The van der Waals surface area contributed by atoms with Crippen LogP contribution in [0.15, 0.2) is 64.4 Å². The van der Waals surface area contributed by atoms with Crippen LogP contribution < -0.4 is 14.2 Å². The Bertz CT molecular complexity index is 1230. The molecule has 38 heavy (non-hydrogen) atoms. The monoisotopic (exact) mass is 550 g/mol. The number of halogens is 3. The van der Waals surface area contributed by atoms with E-state index in [-0.39, 0.29) is 6.61 Å². The third kappa shape index (κ3) is 8.32. The largest absolute Gasteiger partial charge is 0.492 e. The molecule has 204 valence electrons. The van der Waals surface area contributed by atoms with Crippen LogP contribution in [0, 0.1) is 13.8 Å². The van der Waals surface area contributed by atoms with Crippen molar-refractivity contribution in [2.75, 3.05) is 26.9 Å². The van der Waals surface area contributed by atoms with Crippen molar-refractivity contribution in [1.82, 2.24) is 0 Å². The maximum Gasteiger partial charge on any atom is 0.416 e. The lowest BCUT2D eigenvalue weighted by Crippen LogP contribution is -2.10. The molecule has 3 aromatic carbocycles. The van der Waals surface area contributed by atoms with Gasteiger partial charge in [0, 0.05) is 25.0 Å². The Balaban J connectivity index is 1.77. The molecule has 10 heteroatoms. The Hall–Kier alpha value is -3.37. The van der Waals surface area contributed by atoms with Crippen LogP contribution in [-0.2, 0) is 22.3 Å². The molecule has 0 saturated heterocycles. The van der Waals surface area contributed by atoms with E-state index < -0.39 is 24.3 Å². The Morgan fingerprint density at radius 3 is 2.24 bits per heavy atom. The van der Waals surface area contributed by atoms with Crippen molar-refractivity contribution in [3.63, 3.8) is 0 Å². The highest BCUT2D eigenvalue weighted by atomic mass is 32.2. The highest BCUT2D eigenvalue weighted by Gasteiger charge is 2.30. The first-order valence-corrected chi connectivity index (χ1v) is 12.6. The van der Waals surface area contributed by atoms with Gasteiger partial charge in [0.25, 0.3) is 0 Å². The summed E-state index contributed by atoms with van der Waals surface area (Å²) in [7, 11) is 1.62. The zero-order valence-corrected chi connectivity index (χ0v) is 22.1. The molecule has 0 bridgehead atoms. The third-order valence-electron chi connectivity index (χ3n) is 5.60. The quantitative estimate of drug-likeness (QED) is 0.231. The Labute approximate surface area is 223 Å². The number of hydrogen-bond donors (Lipinski definition) is 1. The van der Waals surface area contributed by atoms with Gasteiger partial charge in [0.05, 0.1) is 17.1 Å². The maximum atomic E-state index is 12.8. The predicted molar refractivity (Wildman–Crippen MR) is 137 cm³/mol. The van der Waals surface area contributed by atoms with E-state index >= 15 is 0 Å². The zero-order chi connectivity index (χ0) is 27.7. The summed E-state index contributed by atoms with van der Waals surface area (Å²) in [6, 6.07) is 13.8. The van der Waals surface area contributed by atoms with Crippen molar-refractivity contribution in [3.8, 4) is 17.2 Å². The number of benzene rings is 3. The van der Waals surface area contributed by atoms with E-state index in [1.165, 1.54) is 23.9 Å². The average molecular weight is 551 g/mol. The molecule has 0 unspecified atom stereocenters. The molecular formula is C28H29F3O6S. The minimum absolute atomic E-state index is 0.151. The van der Waals surface area contributed by atoms with E-state index in [1.807, 2.05) is 38.1 Å². The predicted octanol–water partition coefficient (Wildman–Crippen LogP) is 6.93. The van der Waals surface area contributed by atoms with Gasteiger partial charge < -0.3 is 24.1 Å². The molecular weight excluding hydrogens is 521 g/mol. The van der Waals surface area contributed by atoms with Crippen molar-refractivity contribution in [3.05, 3.63) is 76.9 Å². The van der Waals surface area contributed by atoms with Crippen LogP contribution in [0.1, 0.15) is 28.7 Å². The summed E-state index contributed by atoms with van der Waals surface area (Å²) < 4.78 is 60.6. The number of methoxy groups -OCH3 is 1. The highest BCUT2D eigenvalue weighted by Crippen LogP contribution is 2.40. The lowest BCUT2D eigenvalue weighted by molar-refractivity contribution is -0.139. The molecule has 0 aliphatic rings. The van der Waals surface area contributed by atoms with Gasteiger partial charge in [0.1, 0.15) is 23.9 Å². The molecule has 0 heterocycles. The van der Waals surface area contributed by atoms with Crippen LogP contribution >= 0.6 is 11.8 Å². The summed E-state index contributed by atoms with van der Waals surface area (Å²) in [6.45, 7) is 4.54. The summed E-state index contributed by atoms with van der Waals surface area (Å²) in [5, 5.41) is 8.88. The second kappa shape index (κ2) is 13.4. The molecule has 0 atom stereocenters. The zero-order valence-electron chi connectivity index (χ0n) is 21.3. The molecule has 0 radical (unpaired) electrons. The molecule has 0 amide bonds. The van der Waals surface area contributed by atoms with E-state index in [4.69, 9.17) is 24.1 Å². The Kier molecular flexibility index (Phi) is 10.3. The van der Waals surface area contributed by atoms with Crippen molar-refractivity contribution >= 4 is 17.7 Å². The van der Waals surface area contributed by atoms with Gasteiger partial charge in [-0.25, -0.2) is 4.79 Å². The number of aliphatic carboxylic acids is 1. The van der Waals surface area contributed by atoms with Gasteiger partial charge >= 0.3 is 12.1 Å². The fourth-order valence-electron chi connectivity index (χ4n) is 3.43. The topological polar surface area (TPSA) is 74.2 Å². The fourth-order valence-corrected chi connectivity index (χ4v) is 4.46. The van der Waals surface area contributed by atoms with Gasteiger partial charge in [-0.1, -0.05) is 17.8 Å². The summed E-state index contributed by atoms with van der Waals surface area (Å²) in [5.41, 5.74) is 1.87. The van der Waals surface area contributed by atoms with E-state index in [2.05, 4.69) is 0 Å². The summed E-state index contributed by atoms with van der Waals surface area (Å²) in [5.74, 6) is 0.442. The molecule has 0 saturated carbocycles. The van der Waals surface area contributed by atoms with E-state index in [0.29, 0.717) is 36.9 Å². The molecule has 0 aliphatic carbocycles. The minimum atomic E-state index is -4.40. The van der Waals surface area contributed by atoms with Crippen LogP contribution in [0.2, 0.25) is 0 Å². The number of hydrogen-bond acceptors (Lipinski definition) is 6. The van der Waals surface area contributed by atoms with Crippen molar-refractivity contribution < 1.29 is 42.0 Å². The van der Waals surface area contributed by atoms with Crippen LogP contribution in [0.3, 0.4) is 0 Å². The smallest absolute Gasteiger partial charge is 0.416 e. The highest BCUT2D eigenvalue weighted by molar-refractivity contribution is 7.99. The van der Waals surface area contributed by atoms with Crippen LogP contribution in [0.25, 0.3) is 0 Å². The molecule has 0 aliphatic heterocycles. The van der Waals surface area contributed by atoms with Gasteiger partial charge in [0.15, 0.2) is 6.61 Å². The first-order chi connectivity index (χ1) is 18.1. The minimum Gasteiger partial charge on any atom is -0.492 e. The SMILES string of the molecule is COCCCOc1cc(COc2ccc(C(F)(F)F)cc2)ccc1Sc1ccc(OCC(=O)O)c(C)c1C. The number of rotatable bonds is 13. The van der Waals surface area contributed by atoms with Crippen molar-refractivity contribution in [2.45, 2.75) is 42.8 Å². The molecule has 6 nitrogen and oxygen atoms in total. The van der Waals surface area contributed by atoms with Crippen molar-refractivity contribution in [2.24, 2.45) is 0 Å². The average Bonchev–Trinajstić information content (AvgIpc) is 2.88. The molecule has 3 aromatic rings. The lowest BCUT2D eigenvalue weighted by Gasteiger charge is -2.16. The van der Waals surface area contributed by atoms with Crippen LogP contribution in [-0.4, -0.2) is 38.0 Å². The van der Waals surface area contributed by atoms with E-state index in [1.54, 1.807) is 13.2 Å².